The number of hydrogen-bond acceptors (Lipinski definition) is 4. The van der Waals surface area contributed by atoms with E-state index >= 15 is 0 Å². The van der Waals surface area contributed by atoms with E-state index in [4.69, 9.17) is 10.4 Å². The highest BCUT2D eigenvalue weighted by molar-refractivity contribution is 8.23. The van der Waals surface area contributed by atoms with Crippen molar-refractivity contribution >= 4 is 28.2 Å². The third-order valence-corrected chi connectivity index (χ3v) is 1.97. The summed E-state index contributed by atoms with van der Waals surface area (Å²) >= 11 is 5.95. The minimum absolute atomic E-state index is 0.150. The standard InChI is InChI=1S/C5H5NOS2/c1-9-5(8)4(2-6)3-7/h3,7H,1H3/b4-3+. The van der Waals surface area contributed by atoms with Crippen molar-refractivity contribution in [3.05, 3.63) is 11.8 Å². The molecule has 0 unspecified atom stereocenters. The maximum atomic E-state index is 8.34. The molecule has 0 aromatic rings. The largest absolute Gasteiger partial charge is 0.514 e. The van der Waals surface area contributed by atoms with Crippen LogP contribution in [0, 0.1) is 11.3 Å². The zero-order valence-electron chi connectivity index (χ0n) is 4.79. The molecule has 0 saturated heterocycles. The maximum Gasteiger partial charge on any atom is 0.111 e. The number of thioether (sulfide) groups is 1. The van der Waals surface area contributed by atoms with E-state index in [0.29, 0.717) is 4.20 Å². The number of rotatable bonds is 1. The van der Waals surface area contributed by atoms with Gasteiger partial charge in [0.25, 0.3) is 0 Å². The van der Waals surface area contributed by atoms with Gasteiger partial charge in [-0.25, -0.2) is 0 Å². The predicted octanol–water partition coefficient (Wildman–Crippen LogP) is 1.64. The first-order chi connectivity index (χ1) is 4.26. The van der Waals surface area contributed by atoms with E-state index in [-0.39, 0.29) is 5.57 Å². The number of nitrogens with zero attached hydrogens (tertiary/aromatic N) is 1. The fourth-order valence-corrected chi connectivity index (χ4v) is 0.654. The van der Waals surface area contributed by atoms with Crippen LogP contribution in [0.15, 0.2) is 11.8 Å². The average Bonchev–Trinajstić information content (AvgIpc) is 1.90. The Hall–Kier alpha value is -0.530. The summed E-state index contributed by atoms with van der Waals surface area (Å²) in [5.74, 6) is 0. The summed E-state index contributed by atoms with van der Waals surface area (Å²) in [4.78, 5) is 0. The SMILES string of the molecule is CSC(=S)/C(C#N)=C/O. The highest BCUT2D eigenvalue weighted by atomic mass is 32.2. The highest BCUT2D eigenvalue weighted by Crippen LogP contribution is 2.07. The molecular weight excluding hydrogens is 154 g/mol. The Bertz CT molecular complexity index is 180. The second-order valence-electron chi connectivity index (χ2n) is 1.15. The van der Waals surface area contributed by atoms with Gasteiger partial charge >= 0.3 is 0 Å². The first kappa shape index (κ1) is 8.47. The van der Waals surface area contributed by atoms with Crippen molar-refractivity contribution in [1.29, 1.82) is 5.26 Å². The van der Waals surface area contributed by atoms with Crippen LogP contribution >= 0.6 is 24.0 Å². The Balaban J connectivity index is 4.19. The topological polar surface area (TPSA) is 44.0 Å². The van der Waals surface area contributed by atoms with Gasteiger partial charge in [0.15, 0.2) is 0 Å². The number of hydrogen-bond donors (Lipinski definition) is 1. The summed E-state index contributed by atoms with van der Waals surface area (Å²) in [5, 5.41) is 16.6. The molecule has 0 amide bonds. The van der Waals surface area contributed by atoms with Gasteiger partial charge in [0.2, 0.25) is 0 Å². The van der Waals surface area contributed by atoms with Crippen LogP contribution in [0.5, 0.6) is 0 Å². The van der Waals surface area contributed by atoms with Crippen molar-refractivity contribution < 1.29 is 5.11 Å². The van der Waals surface area contributed by atoms with Gasteiger partial charge in [0, 0.05) is 0 Å². The molecule has 48 valence electrons. The molecular formula is C5H5NOS2. The molecule has 0 atom stereocenters. The molecule has 0 rings (SSSR count). The number of aliphatic hydroxyl groups excluding tert-OH is 1. The van der Waals surface area contributed by atoms with Crippen molar-refractivity contribution in [2.24, 2.45) is 0 Å². The van der Waals surface area contributed by atoms with E-state index in [1.807, 2.05) is 0 Å². The Morgan fingerprint density at radius 2 is 2.44 bits per heavy atom. The summed E-state index contributed by atoms with van der Waals surface area (Å²) in [7, 11) is 0. The van der Waals surface area contributed by atoms with Crippen LogP contribution in [0.4, 0.5) is 0 Å². The van der Waals surface area contributed by atoms with Crippen LogP contribution in [0.25, 0.3) is 0 Å². The van der Waals surface area contributed by atoms with Crippen LogP contribution in [-0.4, -0.2) is 15.6 Å². The molecule has 0 aliphatic heterocycles. The zero-order chi connectivity index (χ0) is 7.28. The molecule has 0 spiro atoms. The molecule has 0 fully saturated rings. The van der Waals surface area contributed by atoms with Crippen molar-refractivity contribution in [2.45, 2.75) is 0 Å². The van der Waals surface area contributed by atoms with Gasteiger partial charge in [-0.05, 0) is 6.26 Å². The van der Waals surface area contributed by atoms with Gasteiger partial charge in [0.05, 0.1) is 10.5 Å². The maximum absolute atomic E-state index is 8.34. The third kappa shape index (κ3) is 2.49. The van der Waals surface area contributed by atoms with E-state index in [1.165, 1.54) is 11.8 Å². The molecule has 0 bridgehead atoms. The van der Waals surface area contributed by atoms with Crippen molar-refractivity contribution in [2.75, 3.05) is 6.26 Å². The molecule has 0 heterocycles. The Morgan fingerprint density at radius 3 is 2.56 bits per heavy atom. The second-order valence-corrected chi connectivity index (χ2v) is 2.63. The summed E-state index contributed by atoms with van der Waals surface area (Å²) in [6.07, 6.45) is 2.47. The molecule has 9 heavy (non-hydrogen) atoms. The van der Waals surface area contributed by atoms with E-state index in [1.54, 1.807) is 12.3 Å². The smallest absolute Gasteiger partial charge is 0.111 e. The lowest BCUT2D eigenvalue weighted by Crippen LogP contribution is -1.89. The minimum atomic E-state index is 0.150. The average molecular weight is 159 g/mol. The summed E-state index contributed by atoms with van der Waals surface area (Å²) in [6, 6.07) is 1.75. The van der Waals surface area contributed by atoms with Crippen LogP contribution in [0.2, 0.25) is 0 Å². The molecule has 4 heteroatoms. The Labute approximate surface area is 63.2 Å². The van der Waals surface area contributed by atoms with Gasteiger partial charge in [-0.15, -0.1) is 11.8 Å². The van der Waals surface area contributed by atoms with E-state index in [9.17, 15) is 0 Å². The highest BCUT2D eigenvalue weighted by Gasteiger charge is 1.99. The molecule has 0 aromatic carbocycles. The lowest BCUT2D eigenvalue weighted by molar-refractivity contribution is 0.472. The van der Waals surface area contributed by atoms with Gasteiger partial charge in [-0.1, -0.05) is 12.2 Å². The summed E-state index contributed by atoms with van der Waals surface area (Å²) < 4.78 is 0.417. The molecule has 0 aliphatic rings. The fourth-order valence-electron chi connectivity index (χ4n) is 0.237. The van der Waals surface area contributed by atoms with E-state index in [0.717, 1.165) is 6.26 Å². The monoisotopic (exact) mass is 159 g/mol. The van der Waals surface area contributed by atoms with E-state index < -0.39 is 0 Å². The summed E-state index contributed by atoms with van der Waals surface area (Å²) in [6.45, 7) is 0. The predicted molar refractivity (Wildman–Crippen MR) is 42.4 cm³/mol. The quantitative estimate of drug-likeness (QED) is 0.273. The first-order valence-electron chi connectivity index (χ1n) is 2.09. The minimum Gasteiger partial charge on any atom is -0.514 e. The van der Waals surface area contributed by atoms with Crippen LogP contribution < -0.4 is 0 Å². The third-order valence-electron chi connectivity index (χ3n) is 0.655. The number of thiocarbonyl (C=S) groups is 1. The van der Waals surface area contributed by atoms with Crippen LogP contribution in [-0.2, 0) is 0 Å². The lowest BCUT2D eigenvalue weighted by atomic mass is 10.4. The number of nitriles is 1. The molecule has 0 aromatic heterocycles. The zero-order valence-corrected chi connectivity index (χ0v) is 6.42. The van der Waals surface area contributed by atoms with Gasteiger partial charge < -0.3 is 5.11 Å². The second kappa shape index (κ2) is 4.36. The van der Waals surface area contributed by atoms with Crippen LogP contribution in [0.1, 0.15) is 0 Å². The van der Waals surface area contributed by atoms with Crippen LogP contribution in [0.3, 0.4) is 0 Å². The van der Waals surface area contributed by atoms with Gasteiger partial charge in [-0.3, -0.25) is 0 Å². The lowest BCUT2D eigenvalue weighted by Gasteiger charge is -1.90. The van der Waals surface area contributed by atoms with Crippen molar-refractivity contribution in [3.8, 4) is 6.07 Å². The Kier molecular flexibility index (Phi) is 4.10. The molecule has 1 N–H and O–H groups in total. The molecule has 0 saturated carbocycles. The summed E-state index contributed by atoms with van der Waals surface area (Å²) in [5.41, 5.74) is 0.150. The fraction of sp³-hybridized carbons (Fsp3) is 0.200. The number of aliphatic hydroxyl groups is 1. The van der Waals surface area contributed by atoms with Crippen molar-refractivity contribution in [1.82, 2.24) is 0 Å². The normalized spacial score (nSPS) is 10.4. The first-order valence-corrected chi connectivity index (χ1v) is 3.72. The Morgan fingerprint density at radius 1 is 1.89 bits per heavy atom. The van der Waals surface area contributed by atoms with Gasteiger partial charge in [0.1, 0.15) is 11.6 Å². The van der Waals surface area contributed by atoms with Gasteiger partial charge in [-0.2, -0.15) is 5.26 Å². The molecule has 0 aliphatic carbocycles. The van der Waals surface area contributed by atoms with E-state index in [2.05, 4.69) is 12.2 Å². The molecule has 0 radical (unpaired) electrons. The molecule has 2 nitrogen and oxygen atoms in total. The van der Waals surface area contributed by atoms with Crippen molar-refractivity contribution in [3.63, 3.8) is 0 Å².